The molecule has 37 heavy (non-hydrogen) atoms. The molecule has 0 spiro atoms. The minimum atomic E-state index is -4.57. The van der Waals surface area contributed by atoms with Crippen LogP contribution in [0, 0.1) is 0 Å². The van der Waals surface area contributed by atoms with Crippen LogP contribution in [0.2, 0.25) is 5.02 Å². The quantitative estimate of drug-likeness (QED) is 0.233. The van der Waals surface area contributed by atoms with E-state index >= 15 is 0 Å². The molecule has 0 bridgehead atoms. The molecule has 1 amide bonds. The highest BCUT2D eigenvalue weighted by molar-refractivity contribution is 6.30. The first-order valence-electron chi connectivity index (χ1n) is 11.3. The smallest absolute Gasteiger partial charge is 0.308 e. The van der Waals surface area contributed by atoms with Crippen molar-refractivity contribution < 1.29 is 18.0 Å². The molecule has 0 aliphatic rings. The van der Waals surface area contributed by atoms with Gasteiger partial charge in [-0.05, 0) is 62.1 Å². The number of hydrogen-bond donors (Lipinski definition) is 0. The van der Waals surface area contributed by atoms with Crippen molar-refractivity contribution in [2.24, 2.45) is 0 Å². The predicted octanol–water partition coefficient (Wildman–Crippen LogP) is 7.04. The van der Waals surface area contributed by atoms with Gasteiger partial charge >= 0.3 is 6.18 Å². The third-order valence-electron chi connectivity index (χ3n) is 5.73. The van der Waals surface area contributed by atoms with Crippen LogP contribution < -0.4 is 0 Å². The highest BCUT2D eigenvalue weighted by Crippen LogP contribution is 2.41. The van der Waals surface area contributed by atoms with Crippen molar-refractivity contribution in [3.8, 4) is 28.1 Å². The molecule has 4 rings (SSSR count). The van der Waals surface area contributed by atoms with Crippen molar-refractivity contribution >= 4 is 29.3 Å². The maximum atomic E-state index is 14.0. The van der Waals surface area contributed by atoms with Crippen molar-refractivity contribution in [1.82, 2.24) is 19.1 Å². The molecule has 1 aromatic heterocycles. The zero-order valence-electron chi connectivity index (χ0n) is 20.0. The van der Waals surface area contributed by atoms with E-state index in [-0.39, 0.29) is 17.2 Å². The van der Waals surface area contributed by atoms with Crippen LogP contribution in [0.4, 0.5) is 13.2 Å². The van der Waals surface area contributed by atoms with Gasteiger partial charge in [-0.25, -0.2) is 9.10 Å². The zero-order chi connectivity index (χ0) is 26.7. The maximum absolute atomic E-state index is 14.0. The second-order valence-electron chi connectivity index (χ2n) is 8.61. The first kappa shape index (κ1) is 26.7. The lowest BCUT2D eigenvalue weighted by molar-refractivity contribution is -0.137. The Kier molecular flexibility index (Phi) is 7.92. The molecule has 0 atom stereocenters. The van der Waals surface area contributed by atoms with E-state index in [0.717, 1.165) is 10.5 Å². The fourth-order valence-electron chi connectivity index (χ4n) is 3.86. The molecule has 10 heteroatoms. The topological polar surface area (TPSA) is 41.4 Å². The van der Waals surface area contributed by atoms with Gasteiger partial charge in [-0.2, -0.15) is 18.3 Å². The number of hydrogen-bond acceptors (Lipinski definition) is 3. The van der Waals surface area contributed by atoms with Crippen LogP contribution in [-0.2, 0) is 6.18 Å². The highest BCUT2D eigenvalue weighted by Gasteiger charge is 2.35. The molecule has 192 valence electrons. The zero-order valence-corrected chi connectivity index (χ0v) is 21.5. The van der Waals surface area contributed by atoms with Crippen LogP contribution in [0.5, 0.6) is 0 Å². The number of carbonyl (C=O) groups excluding carboxylic acids is 1. The standard InChI is InChI=1S/C27H23Cl2F3N4O/c1-34(2)15-16-35(29)26(37)19-9-13-21(14-10-19)36-25(22-5-3-4-6-24(22)27(30,31)32)23(17-33-36)18-7-11-20(28)12-8-18/h3-14,17H,15-16H2,1-2H3. The Balaban J connectivity index is 1.80. The number of carbonyl (C=O) groups is 1. The Hall–Kier alpha value is -3.33. The Morgan fingerprint density at radius 1 is 0.919 bits per heavy atom. The van der Waals surface area contributed by atoms with Gasteiger partial charge in [-0.15, -0.1) is 0 Å². The van der Waals surface area contributed by atoms with E-state index in [9.17, 15) is 18.0 Å². The fraction of sp³-hybridized carbons (Fsp3) is 0.185. The monoisotopic (exact) mass is 546 g/mol. The SMILES string of the molecule is CN(C)CCN(Cl)C(=O)c1ccc(-n2ncc(-c3ccc(Cl)cc3)c2-c2ccccc2C(F)(F)F)cc1. The second kappa shape index (κ2) is 11.0. The molecule has 0 saturated heterocycles. The summed E-state index contributed by atoms with van der Waals surface area (Å²) in [5, 5.41) is 4.94. The summed E-state index contributed by atoms with van der Waals surface area (Å²) in [6, 6.07) is 18.6. The van der Waals surface area contributed by atoms with Crippen LogP contribution in [0.15, 0.2) is 79.0 Å². The summed E-state index contributed by atoms with van der Waals surface area (Å²) >= 11 is 12.2. The molecule has 0 aliphatic heterocycles. The summed E-state index contributed by atoms with van der Waals surface area (Å²) < 4.78 is 44.5. The maximum Gasteiger partial charge on any atom is 0.417 e. The van der Waals surface area contributed by atoms with Gasteiger partial charge in [0.15, 0.2) is 0 Å². The van der Waals surface area contributed by atoms with Crippen molar-refractivity contribution in [1.29, 1.82) is 0 Å². The summed E-state index contributed by atoms with van der Waals surface area (Å²) in [7, 11) is 3.75. The van der Waals surface area contributed by atoms with Crippen LogP contribution >= 0.6 is 23.4 Å². The van der Waals surface area contributed by atoms with Gasteiger partial charge in [-0.1, -0.05) is 41.9 Å². The normalized spacial score (nSPS) is 11.7. The average Bonchev–Trinajstić information content (AvgIpc) is 3.32. The molecule has 4 aromatic rings. The molecule has 0 radical (unpaired) electrons. The van der Waals surface area contributed by atoms with Crippen LogP contribution in [0.3, 0.4) is 0 Å². The lowest BCUT2D eigenvalue weighted by Crippen LogP contribution is -2.29. The van der Waals surface area contributed by atoms with Crippen LogP contribution in [0.25, 0.3) is 28.1 Å². The number of aromatic nitrogens is 2. The molecular weight excluding hydrogens is 524 g/mol. The first-order chi connectivity index (χ1) is 17.6. The molecule has 5 nitrogen and oxygen atoms in total. The number of rotatable bonds is 7. The molecular formula is C27H23Cl2F3N4O. The highest BCUT2D eigenvalue weighted by atomic mass is 35.5. The van der Waals surface area contributed by atoms with Gasteiger partial charge in [0.25, 0.3) is 5.91 Å². The van der Waals surface area contributed by atoms with Gasteiger partial charge in [-0.3, -0.25) is 4.79 Å². The number of amides is 1. The average molecular weight is 547 g/mol. The van der Waals surface area contributed by atoms with Crippen molar-refractivity contribution in [2.75, 3.05) is 27.2 Å². The van der Waals surface area contributed by atoms with E-state index in [1.165, 1.54) is 23.0 Å². The minimum absolute atomic E-state index is 0.0202. The summed E-state index contributed by atoms with van der Waals surface area (Å²) in [6.45, 7) is 0.924. The molecule has 3 aromatic carbocycles. The van der Waals surface area contributed by atoms with Gasteiger partial charge in [0.2, 0.25) is 0 Å². The third-order valence-corrected chi connectivity index (χ3v) is 6.31. The number of likely N-dealkylation sites (N-methyl/N-ethyl adjacent to an activating group) is 1. The molecule has 0 N–H and O–H groups in total. The summed E-state index contributed by atoms with van der Waals surface area (Å²) in [4.78, 5) is 14.6. The Morgan fingerprint density at radius 2 is 1.57 bits per heavy atom. The summed E-state index contributed by atoms with van der Waals surface area (Å²) in [5.74, 6) is -0.375. The van der Waals surface area contributed by atoms with E-state index < -0.39 is 11.7 Å². The number of alkyl halides is 3. The lowest BCUT2D eigenvalue weighted by Gasteiger charge is -2.18. The number of benzene rings is 3. The van der Waals surface area contributed by atoms with Crippen molar-refractivity contribution in [2.45, 2.75) is 6.18 Å². The van der Waals surface area contributed by atoms with Crippen LogP contribution in [-0.4, -0.2) is 52.2 Å². The molecule has 0 unspecified atom stereocenters. The minimum Gasteiger partial charge on any atom is -0.308 e. The van der Waals surface area contributed by atoms with E-state index in [0.29, 0.717) is 40.5 Å². The molecule has 0 fully saturated rings. The van der Waals surface area contributed by atoms with Gasteiger partial charge < -0.3 is 4.90 Å². The second-order valence-corrected chi connectivity index (χ2v) is 9.45. The van der Waals surface area contributed by atoms with Gasteiger partial charge in [0.05, 0.1) is 29.7 Å². The van der Waals surface area contributed by atoms with Crippen molar-refractivity contribution in [3.05, 3.63) is 95.1 Å². The predicted molar refractivity (Wildman–Crippen MR) is 140 cm³/mol. The van der Waals surface area contributed by atoms with Gasteiger partial charge in [0, 0.05) is 40.0 Å². The van der Waals surface area contributed by atoms with Crippen LogP contribution in [0.1, 0.15) is 15.9 Å². The molecule has 0 saturated carbocycles. The third kappa shape index (κ3) is 5.98. The lowest BCUT2D eigenvalue weighted by atomic mass is 9.97. The first-order valence-corrected chi connectivity index (χ1v) is 12.0. The fourth-order valence-corrected chi connectivity index (χ4v) is 4.15. The number of halogens is 5. The van der Waals surface area contributed by atoms with E-state index in [1.54, 1.807) is 54.6 Å². The summed E-state index contributed by atoms with van der Waals surface area (Å²) in [5.41, 5.74) is 1.46. The van der Waals surface area contributed by atoms with Crippen molar-refractivity contribution in [3.63, 3.8) is 0 Å². The van der Waals surface area contributed by atoms with E-state index in [4.69, 9.17) is 23.4 Å². The van der Waals surface area contributed by atoms with E-state index in [1.807, 2.05) is 19.0 Å². The largest absolute Gasteiger partial charge is 0.417 e. The van der Waals surface area contributed by atoms with Gasteiger partial charge in [0.1, 0.15) is 0 Å². The van der Waals surface area contributed by atoms with E-state index in [2.05, 4.69) is 5.10 Å². The summed E-state index contributed by atoms with van der Waals surface area (Å²) in [6.07, 6.45) is -3.05. The molecule has 1 heterocycles. The Bertz CT molecular complexity index is 1380. The number of nitrogens with zero attached hydrogens (tertiary/aromatic N) is 4. The molecule has 0 aliphatic carbocycles. The Morgan fingerprint density at radius 3 is 2.19 bits per heavy atom. The Labute approximate surface area is 222 Å².